The van der Waals surface area contributed by atoms with Crippen LogP contribution >= 0.6 is 92.8 Å². The molecule has 0 amide bonds. The van der Waals surface area contributed by atoms with E-state index in [2.05, 4.69) is 47.6 Å². The number of halogens is 8. The molecule has 0 unspecified atom stereocenters. The van der Waals surface area contributed by atoms with Crippen LogP contribution in [0.5, 0.6) is 23.0 Å². The summed E-state index contributed by atoms with van der Waals surface area (Å²) in [5.41, 5.74) is 1.28. The molecule has 0 saturated carbocycles. The monoisotopic (exact) mass is 1140 g/mol. The van der Waals surface area contributed by atoms with Crippen molar-refractivity contribution in [1.29, 1.82) is 0 Å². The topological polar surface area (TPSA) is 144 Å². The van der Waals surface area contributed by atoms with Crippen LogP contribution in [0, 0.1) is 38.2 Å². The van der Waals surface area contributed by atoms with Crippen molar-refractivity contribution < 1.29 is 63.1 Å². The van der Waals surface area contributed by atoms with Crippen molar-refractivity contribution in [2.24, 2.45) is 0 Å². The maximum absolute atomic E-state index is 11.4. The number of quaternary nitrogens is 1. The first kappa shape index (κ1) is 53.6. The summed E-state index contributed by atoms with van der Waals surface area (Å²) in [7, 11) is 0. The van der Waals surface area contributed by atoms with Gasteiger partial charge >= 0.3 is 38.2 Å². The Bertz CT molecular complexity index is 2410. The number of hydrogen-bond donors (Lipinski definition) is 0. The first-order valence-corrected chi connectivity index (χ1v) is 21.5. The quantitative estimate of drug-likeness (QED) is 0.158. The summed E-state index contributed by atoms with van der Waals surface area (Å²) < 4.78 is 1.28. The molecule has 9 nitrogen and oxygen atoms in total. The average molecular weight is 1140 g/mol. The molecule has 4 aromatic carbocycles. The van der Waals surface area contributed by atoms with E-state index >= 15 is 0 Å². The van der Waals surface area contributed by atoms with Gasteiger partial charge in [0.15, 0.2) is 0 Å². The van der Waals surface area contributed by atoms with Crippen LogP contribution in [-0.4, -0.2) is 50.6 Å². The van der Waals surface area contributed by atoms with E-state index in [1.165, 1.54) is 79.7 Å². The number of aromatic nitrogens is 4. The van der Waals surface area contributed by atoms with E-state index in [0.29, 0.717) is 63.7 Å². The van der Waals surface area contributed by atoms with Gasteiger partial charge in [-0.15, -0.1) is 0 Å². The summed E-state index contributed by atoms with van der Waals surface area (Å²) in [5, 5.41) is 50.5. The van der Waals surface area contributed by atoms with Crippen molar-refractivity contribution in [2.75, 3.05) is 26.2 Å². The van der Waals surface area contributed by atoms with Crippen LogP contribution in [0.25, 0.3) is 43.6 Å². The Balaban J connectivity index is 0.000000207. The smallest absolute Gasteiger partial charge is 0.870 e. The Morgan fingerprint density at radius 3 is 0.726 bits per heavy atom. The largest absolute Gasteiger partial charge is 3.00 e. The van der Waals surface area contributed by atoms with Gasteiger partial charge in [0.25, 0.3) is 0 Å². The number of pyridine rings is 4. The maximum Gasteiger partial charge on any atom is 3.00 e. The summed E-state index contributed by atoms with van der Waals surface area (Å²) in [6.07, 6.45) is 6.15. The second-order valence-corrected chi connectivity index (χ2v) is 16.1. The van der Waals surface area contributed by atoms with Crippen molar-refractivity contribution in [3.8, 4) is 23.0 Å². The third-order valence-corrected chi connectivity index (χ3v) is 12.1. The molecule has 327 valence electrons. The molecular weight excluding hydrogens is 1110 g/mol. The van der Waals surface area contributed by atoms with Gasteiger partial charge in [0.2, 0.25) is 0 Å². The molecule has 0 atom stereocenters. The Kier molecular flexibility index (Phi) is 21.7. The van der Waals surface area contributed by atoms with Crippen LogP contribution in [-0.2, 0) is 0 Å². The summed E-state index contributed by atoms with van der Waals surface area (Å²) in [4.78, 5) is 15.7. The molecule has 0 aliphatic rings. The van der Waals surface area contributed by atoms with E-state index in [9.17, 15) is 20.4 Å². The van der Waals surface area contributed by atoms with Gasteiger partial charge in [0.1, 0.15) is 0 Å². The van der Waals surface area contributed by atoms with Gasteiger partial charge in [0, 0.05) is 66.4 Å². The Morgan fingerprint density at radius 1 is 0.371 bits per heavy atom. The van der Waals surface area contributed by atoms with Crippen LogP contribution in [0.4, 0.5) is 0 Å². The molecule has 8 aromatic rings. The SMILES string of the molecule is CC[N+](CC)(CC)CC.[Dy+3].[O-]c1c(Cl)cc(Cl)c2cccnc12.[O-]c1c(Cl)cc(Cl)c2cccnc12.[O-]c1c(Cl)cc(Cl)c2cccnc12.[O-]c1c(Cl)cc(Cl)c2cccnc12. The second-order valence-electron chi connectivity index (χ2n) is 12.9. The molecule has 1 radical (unpaired) electrons. The molecule has 0 aliphatic heterocycles. The molecule has 0 saturated heterocycles. The van der Waals surface area contributed by atoms with Crippen molar-refractivity contribution in [2.45, 2.75) is 27.7 Å². The first-order chi connectivity index (χ1) is 29.0. The normalized spacial score (nSPS) is 10.6. The number of rotatable bonds is 4. The Morgan fingerprint density at radius 2 is 0.565 bits per heavy atom. The van der Waals surface area contributed by atoms with Crippen LogP contribution in [0.1, 0.15) is 27.7 Å². The molecule has 4 aromatic heterocycles. The standard InChI is InChI=1S/4C9H5Cl2NO.C8H20N.Dy/c4*10-6-4-7(11)9(13)8-5(6)2-1-3-12-8;1-5-9(6-2,7-3)8-4;/h4*1-4,13H;5-8H2,1-4H3;/q;;;;+1;+3/p-4. The Labute approximate surface area is 429 Å². The van der Waals surface area contributed by atoms with Crippen molar-refractivity contribution in [3.63, 3.8) is 0 Å². The minimum absolute atomic E-state index is 0. The average Bonchev–Trinajstić information content (AvgIpc) is 3.28. The number of nitrogens with zero attached hydrogens (tertiary/aromatic N) is 5. The molecule has 0 aliphatic carbocycles. The predicted octanol–water partition coefficient (Wildman–Crippen LogP) is 12.3. The van der Waals surface area contributed by atoms with Gasteiger partial charge in [-0.3, -0.25) is 19.9 Å². The minimum atomic E-state index is -0.276. The molecule has 18 heteroatoms. The van der Waals surface area contributed by atoms with Gasteiger partial charge in [-0.05, 0) is 100 Å². The zero-order chi connectivity index (χ0) is 45.0. The van der Waals surface area contributed by atoms with E-state index in [-0.39, 0.29) is 81.3 Å². The van der Waals surface area contributed by atoms with E-state index < -0.39 is 0 Å². The number of fused-ring (bicyclic) bond motifs is 4. The fraction of sp³-hybridized carbons (Fsp3) is 0.182. The minimum Gasteiger partial charge on any atom is -0.870 e. The van der Waals surface area contributed by atoms with E-state index in [1.54, 1.807) is 48.5 Å². The third kappa shape index (κ3) is 13.2. The molecule has 0 N–H and O–H groups in total. The summed E-state index contributed by atoms with van der Waals surface area (Å²) in [5.74, 6) is -1.10. The van der Waals surface area contributed by atoms with E-state index in [4.69, 9.17) is 92.8 Å². The zero-order valence-corrected chi connectivity index (χ0v) is 41.4. The van der Waals surface area contributed by atoms with Gasteiger partial charge in [-0.25, -0.2) is 0 Å². The van der Waals surface area contributed by atoms with Gasteiger partial charge in [-0.1, -0.05) is 116 Å². The summed E-state index contributed by atoms with van der Waals surface area (Å²) in [6.45, 7) is 14.2. The summed E-state index contributed by atoms with van der Waals surface area (Å²) in [6, 6.07) is 19.6. The molecule has 8 rings (SSSR count). The maximum atomic E-state index is 11.4. The van der Waals surface area contributed by atoms with Crippen LogP contribution in [0.3, 0.4) is 0 Å². The molecule has 0 fully saturated rings. The second kappa shape index (κ2) is 25.1. The van der Waals surface area contributed by atoms with Gasteiger partial charge in [0.05, 0.1) is 68.3 Å². The zero-order valence-electron chi connectivity index (χ0n) is 33.3. The van der Waals surface area contributed by atoms with E-state index in [1.807, 2.05) is 0 Å². The first-order valence-electron chi connectivity index (χ1n) is 18.5. The fourth-order valence-corrected chi connectivity index (χ4v) is 7.99. The molecular formula is C44H36Cl8DyN5O4. The van der Waals surface area contributed by atoms with Crippen molar-refractivity contribution in [1.82, 2.24) is 19.9 Å². The van der Waals surface area contributed by atoms with Crippen LogP contribution in [0.15, 0.2) is 97.6 Å². The van der Waals surface area contributed by atoms with Gasteiger partial charge in [-0.2, -0.15) is 0 Å². The predicted molar refractivity (Wildman–Crippen MR) is 247 cm³/mol. The molecule has 62 heavy (non-hydrogen) atoms. The van der Waals surface area contributed by atoms with E-state index in [0.717, 1.165) is 0 Å². The van der Waals surface area contributed by atoms with Crippen molar-refractivity contribution >= 4 is 136 Å². The molecule has 0 bridgehead atoms. The number of benzene rings is 4. The third-order valence-electron chi connectivity index (χ3n) is 9.69. The van der Waals surface area contributed by atoms with Gasteiger partial charge < -0.3 is 24.9 Å². The van der Waals surface area contributed by atoms with Crippen LogP contribution in [0.2, 0.25) is 40.2 Å². The number of hydrogen-bond acceptors (Lipinski definition) is 8. The fourth-order valence-electron chi connectivity index (χ4n) is 5.93. The molecule has 4 heterocycles. The summed E-state index contributed by atoms with van der Waals surface area (Å²) >= 11 is 46.1. The molecule has 0 spiro atoms. The van der Waals surface area contributed by atoms with Crippen LogP contribution < -0.4 is 20.4 Å². The Hall–Kier alpha value is -2.73. The van der Waals surface area contributed by atoms with Crippen molar-refractivity contribution in [3.05, 3.63) is 138 Å².